The van der Waals surface area contributed by atoms with Crippen LogP contribution >= 0.6 is 0 Å². The number of benzene rings is 1. The molecule has 0 spiro atoms. The molecule has 2 N–H and O–H groups in total. The van der Waals surface area contributed by atoms with E-state index in [1.165, 1.54) is 10.6 Å². The molecule has 0 unspecified atom stereocenters. The van der Waals surface area contributed by atoms with Gasteiger partial charge in [0.25, 0.3) is 5.91 Å². The normalized spacial score (nSPS) is 18.4. The molecule has 1 aromatic rings. The molecule has 0 bridgehead atoms. The lowest BCUT2D eigenvalue weighted by Crippen LogP contribution is -3.19. The van der Waals surface area contributed by atoms with Crippen LogP contribution in [-0.2, 0) is 4.79 Å². The van der Waals surface area contributed by atoms with E-state index in [0.717, 1.165) is 26.2 Å². The first-order chi connectivity index (χ1) is 8.72. The first kappa shape index (κ1) is 12.9. The molecule has 18 heavy (non-hydrogen) atoms. The van der Waals surface area contributed by atoms with Gasteiger partial charge in [-0.05, 0) is 19.1 Å². The van der Waals surface area contributed by atoms with Gasteiger partial charge in [0, 0.05) is 12.7 Å². The van der Waals surface area contributed by atoms with E-state index in [1.807, 2.05) is 13.0 Å². The highest BCUT2D eigenvalue weighted by Gasteiger charge is 2.28. The van der Waals surface area contributed by atoms with Gasteiger partial charge in [-0.1, -0.05) is 18.2 Å². The van der Waals surface area contributed by atoms with Crippen LogP contribution in [0, 0.1) is 0 Å². The van der Waals surface area contributed by atoms with E-state index in [1.54, 1.807) is 7.05 Å². The molecule has 0 aromatic heterocycles. The average molecular weight is 248 g/mol. The monoisotopic (exact) mass is 248 g/mol. The molecule has 1 atom stereocenters. The SMILES string of the molecule is CNC(=O)[C@H](C)[NH+]1CCN(c2ccccc2)CC1. The highest BCUT2D eigenvalue weighted by molar-refractivity contribution is 5.79. The van der Waals surface area contributed by atoms with Crippen LogP contribution in [-0.4, -0.2) is 45.2 Å². The van der Waals surface area contributed by atoms with Crippen molar-refractivity contribution in [3.8, 4) is 0 Å². The zero-order valence-corrected chi connectivity index (χ0v) is 11.1. The van der Waals surface area contributed by atoms with Gasteiger partial charge in [-0.3, -0.25) is 4.79 Å². The highest BCUT2D eigenvalue weighted by atomic mass is 16.2. The standard InChI is InChI=1S/C14H21N3O/c1-12(14(18)15-2)16-8-10-17(11-9-16)13-6-4-3-5-7-13/h3-7,12H,8-11H2,1-2H3,(H,15,18)/p+1/t12-/m0/s1. The fourth-order valence-electron chi connectivity index (χ4n) is 2.53. The number of hydrogen-bond donors (Lipinski definition) is 2. The van der Waals surface area contributed by atoms with E-state index in [-0.39, 0.29) is 11.9 Å². The molecule has 1 amide bonds. The summed E-state index contributed by atoms with van der Waals surface area (Å²) in [6, 6.07) is 10.5. The molecule has 1 heterocycles. The Hall–Kier alpha value is -1.55. The lowest BCUT2D eigenvalue weighted by atomic mass is 10.2. The summed E-state index contributed by atoms with van der Waals surface area (Å²) in [7, 11) is 1.71. The summed E-state index contributed by atoms with van der Waals surface area (Å²) in [5.41, 5.74) is 1.28. The second-order valence-electron chi connectivity index (χ2n) is 4.82. The lowest BCUT2D eigenvalue weighted by Gasteiger charge is -2.35. The number of piperazine rings is 1. The number of rotatable bonds is 3. The number of quaternary nitrogens is 1. The van der Waals surface area contributed by atoms with Crippen LogP contribution in [0.4, 0.5) is 5.69 Å². The lowest BCUT2D eigenvalue weighted by molar-refractivity contribution is -0.914. The topological polar surface area (TPSA) is 36.8 Å². The van der Waals surface area contributed by atoms with Gasteiger partial charge in [-0.25, -0.2) is 0 Å². The minimum absolute atomic E-state index is 0.0490. The van der Waals surface area contributed by atoms with Crippen LogP contribution in [0.15, 0.2) is 30.3 Å². The van der Waals surface area contributed by atoms with Crippen LogP contribution in [0.25, 0.3) is 0 Å². The molecule has 2 rings (SSSR count). The third-order valence-electron chi connectivity index (χ3n) is 3.78. The minimum atomic E-state index is 0.0490. The van der Waals surface area contributed by atoms with Crippen LogP contribution in [0.1, 0.15) is 6.92 Å². The Kier molecular flexibility index (Phi) is 4.20. The molecule has 98 valence electrons. The first-order valence-electron chi connectivity index (χ1n) is 6.58. The predicted molar refractivity (Wildman–Crippen MR) is 72.9 cm³/mol. The molecular formula is C14H22N3O+. The largest absolute Gasteiger partial charge is 0.360 e. The van der Waals surface area contributed by atoms with Crippen molar-refractivity contribution in [2.45, 2.75) is 13.0 Å². The molecule has 0 radical (unpaired) electrons. The second-order valence-corrected chi connectivity index (χ2v) is 4.82. The third kappa shape index (κ3) is 2.82. The van der Waals surface area contributed by atoms with Crippen LogP contribution in [0.3, 0.4) is 0 Å². The van der Waals surface area contributed by atoms with Crippen LogP contribution in [0.5, 0.6) is 0 Å². The van der Waals surface area contributed by atoms with Crippen molar-refractivity contribution in [3.05, 3.63) is 30.3 Å². The van der Waals surface area contributed by atoms with E-state index >= 15 is 0 Å². The Morgan fingerprint density at radius 3 is 2.44 bits per heavy atom. The molecule has 1 aliphatic rings. The van der Waals surface area contributed by atoms with Crippen molar-refractivity contribution in [3.63, 3.8) is 0 Å². The van der Waals surface area contributed by atoms with Gasteiger partial charge in [0.15, 0.2) is 6.04 Å². The Morgan fingerprint density at radius 2 is 1.89 bits per heavy atom. The fraction of sp³-hybridized carbons (Fsp3) is 0.500. The first-order valence-corrected chi connectivity index (χ1v) is 6.58. The number of carbonyl (C=O) groups is 1. The van der Waals surface area contributed by atoms with Crippen molar-refractivity contribution in [1.29, 1.82) is 0 Å². The van der Waals surface area contributed by atoms with Gasteiger partial charge in [0.2, 0.25) is 0 Å². The Labute approximate surface area is 109 Å². The summed E-state index contributed by atoms with van der Waals surface area (Å²) in [5, 5.41) is 2.73. The van der Waals surface area contributed by atoms with Crippen molar-refractivity contribution in [2.75, 3.05) is 38.1 Å². The Morgan fingerprint density at radius 1 is 1.28 bits per heavy atom. The molecule has 0 aliphatic carbocycles. The van der Waals surface area contributed by atoms with Crippen LogP contribution < -0.4 is 15.1 Å². The summed E-state index contributed by atoms with van der Waals surface area (Å²) in [4.78, 5) is 15.4. The maximum absolute atomic E-state index is 11.6. The second kappa shape index (κ2) is 5.87. The number of carbonyl (C=O) groups excluding carboxylic acids is 1. The molecule has 1 aliphatic heterocycles. The molecule has 0 saturated carbocycles. The summed E-state index contributed by atoms with van der Waals surface area (Å²) < 4.78 is 0. The predicted octanol–water partition coefficient (Wildman–Crippen LogP) is -0.474. The van der Waals surface area contributed by atoms with Gasteiger partial charge in [0.1, 0.15) is 0 Å². The number of anilines is 1. The molecule has 1 aromatic carbocycles. The zero-order chi connectivity index (χ0) is 13.0. The maximum atomic E-state index is 11.6. The van der Waals surface area contributed by atoms with E-state index in [9.17, 15) is 4.79 Å². The van der Waals surface area contributed by atoms with Gasteiger partial charge in [-0.15, -0.1) is 0 Å². The quantitative estimate of drug-likeness (QED) is 0.758. The summed E-state index contributed by atoms with van der Waals surface area (Å²) in [6.07, 6.45) is 0. The highest BCUT2D eigenvalue weighted by Crippen LogP contribution is 2.12. The molecule has 4 nitrogen and oxygen atoms in total. The summed E-state index contributed by atoms with van der Waals surface area (Å²) in [5.74, 6) is 0.137. The van der Waals surface area contributed by atoms with Gasteiger partial charge in [-0.2, -0.15) is 0 Å². The molecule has 1 fully saturated rings. The summed E-state index contributed by atoms with van der Waals surface area (Å²) in [6.45, 7) is 6.07. The van der Waals surface area contributed by atoms with Crippen LogP contribution in [0.2, 0.25) is 0 Å². The van der Waals surface area contributed by atoms with E-state index in [0.29, 0.717) is 0 Å². The van der Waals surface area contributed by atoms with E-state index in [4.69, 9.17) is 0 Å². The number of nitrogens with one attached hydrogen (secondary N) is 2. The molecule has 4 heteroatoms. The number of hydrogen-bond acceptors (Lipinski definition) is 2. The molecular weight excluding hydrogens is 226 g/mol. The number of likely N-dealkylation sites (N-methyl/N-ethyl adjacent to an activating group) is 1. The van der Waals surface area contributed by atoms with Gasteiger partial charge >= 0.3 is 0 Å². The van der Waals surface area contributed by atoms with Crippen molar-refractivity contribution >= 4 is 11.6 Å². The molecule has 1 saturated heterocycles. The summed E-state index contributed by atoms with van der Waals surface area (Å²) >= 11 is 0. The Balaban J connectivity index is 1.90. The smallest absolute Gasteiger partial charge is 0.277 e. The Bertz CT molecular complexity index is 385. The third-order valence-corrected chi connectivity index (χ3v) is 3.78. The van der Waals surface area contributed by atoms with Crippen molar-refractivity contribution in [2.24, 2.45) is 0 Å². The fourth-order valence-corrected chi connectivity index (χ4v) is 2.53. The van der Waals surface area contributed by atoms with Gasteiger partial charge < -0.3 is 15.1 Å². The number of amides is 1. The number of para-hydroxylation sites is 1. The van der Waals surface area contributed by atoms with Gasteiger partial charge in [0.05, 0.1) is 26.2 Å². The van der Waals surface area contributed by atoms with E-state index < -0.39 is 0 Å². The van der Waals surface area contributed by atoms with Crippen molar-refractivity contribution in [1.82, 2.24) is 5.32 Å². The average Bonchev–Trinajstić information content (AvgIpc) is 2.47. The van der Waals surface area contributed by atoms with E-state index in [2.05, 4.69) is 34.5 Å². The maximum Gasteiger partial charge on any atom is 0.277 e. The number of nitrogens with zero attached hydrogens (tertiary/aromatic N) is 1. The van der Waals surface area contributed by atoms with Crippen molar-refractivity contribution < 1.29 is 9.69 Å². The zero-order valence-electron chi connectivity index (χ0n) is 11.1. The minimum Gasteiger partial charge on any atom is -0.360 e.